The molecule has 0 saturated carbocycles. The van der Waals surface area contributed by atoms with Crippen LogP contribution in [0.3, 0.4) is 0 Å². The molecule has 2 aliphatic heterocycles. The van der Waals surface area contributed by atoms with Crippen molar-refractivity contribution in [3.63, 3.8) is 0 Å². The molecule has 0 spiro atoms. The number of carbonyl (C=O) groups is 3. The third-order valence-corrected chi connectivity index (χ3v) is 14.0. The van der Waals surface area contributed by atoms with Crippen molar-refractivity contribution >= 4 is 23.4 Å². The first-order valence-electron chi connectivity index (χ1n) is 22.5. The van der Waals surface area contributed by atoms with Crippen LogP contribution in [-0.2, 0) is 59.5 Å². The average Bonchev–Trinajstić information content (AvgIpc) is 3.46. The summed E-state index contributed by atoms with van der Waals surface area (Å²) < 4.78 is 29.7. The number of halogens is 2. The van der Waals surface area contributed by atoms with E-state index in [2.05, 4.69) is 70.1 Å². The number of hydrogen-bond donors (Lipinski definition) is 3. The lowest BCUT2D eigenvalue weighted by Crippen LogP contribution is -2.62. The van der Waals surface area contributed by atoms with Crippen LogP contribution in [0.5, 0.6) is 0 Å². The van der Waals surface area contributed by atoms with E-state index in [0.29, 0.717) is 32.2 Å². The van der Waals surface area contributed by atoms with Crippen molar-refractivity contribution in [3.8, 4) is 0 Å². The maximum atomic E-state index is 15.1. The Balaban J connectivity index is 1.17. The maximum Gasteiger partial charge on any atom is 0.249 e. The lowest BCUT2D eigenvalue weighted by Gasteiger charge is -2.44. The van der Waals surface area contributed by atoms with E-state index >= 15 is 4.79 Å². The lowest BCUT2D eigenvalue weighted by atomic mass is 9.81. The van der Waals surface area contributed by atoms with Crippen molar-refractivity contribution in [2.24, 2.45) is 5.92 Å². The molecule has 3 aliphatic rings. The minimum absolute atomic E-state index is 0.0716. The zero-order valence-corrected chi connectivity index (χ0v) is 36.5. The zero-order chi connectivity index (χ0) is 44.3. The summed E-state index contributed by atoms with van der Waals surface area (Å²) in [5, 5.41) is 19.1. The Bertz CT molecular complexity index is 2440. The van der Waals surface area contributed by atoms with Crippen LogP contribution in [0.4, 0.5) is 14.5 Å². The van der Waals surface area contributed by atoms with Crippen LogP contribution in [0.15, 0.2) is 115 Å². The third-order valence-electron chi connectivity index (χ3n) is 14.0. The molecular weight excluding hydrogens is 795 g/mol. The van der Waals surface area contributed by atoms with Gasteiger partial charge in [-0.05, 0) is 120 Å². The van der Waals surface area contributed by atoms with Crippen LogP contribution >= 0.6 is 0 Å². The Morgan fingerprint density at radius 3 is 2.21 bits per heavy atom. The number of anilines is 1. The minimum Gasteiger partial charge on any atom is -0.389 e. The zero-order valence-electron chi connectivity index (χ0n) is 36.5. The SMILES string of the molecule is CC[C@@H](C)[C@@]1(NC(C)=O)CCN([C@@H](CCc2ccccc2)C(=O)N[C@@H](Cc2cc(F)cc(F)c2)[C@H](O)[C@@H]2Cc3ccccc3CN2c2cccc3c2CCc2ccccc2C3)C1=O. The minimum atomic E-state index is -1.23. The fourth-order valence-electron chi connectivity index (χ4n) is 10.5. The normalized spacial score (nSPS) is 20.1. The molecule has 3 N–H and O–H groups in total. The number of nitrogens with one attached hydrogen (secondary N) is 2. The number of aryl methyl sites for hydroxylation is 2. The van der Waals surface area contributed by atoms with Gasteiger partial charge < -0.3 is 25.5 Å². The molecule has 0 aromatic heterocycles. The molecule has 5 aromatic rings. The van der Waals surface area contributed by atoms with Gasteiger partial charge >= 0.3 is 0 Å². The highest BCUT2D eigenvalue weighted by atomic mass is 19.1. The number of fused-ring (bicyclic) bond motifs is 3. The van der Waals surface area contributed by atoms with Crippen LogP contribution in [0, 0.1) is 17.6 Å². The Labute approximate surface area is 369 Å². The van der Waals surface area contributed by atoms with Crippen LogP contribution in [0.2, 0.25) is 0 Å². The summed E-state index contributed by atoms with van der Waals surface area (Å²) >= 11 is 0. The number of amides is 3. The smallest absolute Gasteiger partial charge is 0.249 e. The van der Waals surface area contributed by atoms with Gasteiger partial charge in [0.05, 0.1) is 18.2 Å². The second kappa shape index (κ2) is 18.9. The molecule has 1 fully saturated rings. The molecule has 1 saturated heterocycles. The average molecular weight is 853 g/mol. The molecule has 3 amide bonds. The van der Waals surface area contributed by atoms with Gasteiger partial charge in [0.1, 0.15) is 23.2 Å². The summed E-state index contributed by atoms with van der Waals surface area (Å²) in [6, 6.07) is 33.6. The van der Waals surface area contributed by atoms with Gasteiger partial charge in [-0.15, -0.1) is 0 Å². The number of nitrogens with zero attached hydrogens (tertiary/aromatic N) is 2. The summed E-state index contributed by atoms with van der Waals surface area (Å²) in [6.07, 6.45) is 3.38. The van der Waals surface area contributed by atoms with Crippen molar-refractivity contribution in [1.29, 1.82) is 0 Å². The van der Waals surface area contributed by atoms with Gasteiger partial charge in [-0.2, -0.15) is 0 Å². The highest BCUT2D eigenvalue weighted by Crippen LogP contribution is 2.38. The van der Waals surface area contributed by atoms with E-state index in [9.17, 15) is 23.5 Å². The van der Waals surface area contributed by atoms with Gasteiger partial charge in [0.2, 0.25) is 17.7 Å². The molecule has 328 valence electrons. The monoisotopic (exact) mass is 852 g/mol. The second-order valence-corrected chi connectivity index (χ2v) is 17.9. The molecule has 1 aliphatic carbocycles. The highest BCUT2D eigenvalue weighted by molar-refractivity contribution is 5.96. The van der Waals surface area contributed by atoms with Crippen LogP contribution in [0.1, 0.15) is 84.5 Å². The maximum absolute atomic E-state index is 15.1. The number of benzene rings is 5. The van der Waals surface area contributed by atoms with Crippen molar-refractivity contribution in [2.75, 3.05) is 11.4 Å². The van der Waals surface area contributed by atoms with E-state index < -0.39 is 47.3 Å². The number of aliphatic hydroxyl groups excluding tert-OH is 1. The number of carbonyl (C=O) groups excluding carboxylic acids is 3. The predicted molar refractivity (Wildman–Crippen MR) is 242 cm³/mol. The molecular formula is C53H58F2N4O4. The van der Waals surface area contributed by atoms with Crippen LogP contribution in [0.25, 0.3) is 0 Å². The Morgan fingerprint density at radius 1 is 0.825 bits per heavy atom. The number of hydrogen-bond acceptors (Lipinski definition) is 5. The molecule has 0 bridgehead atoms. The number of likely N-dealkylation sites (tertiary alicyclic amines) is 1. The molecule has 8 rings (SSSR count). The van der Waals surface area contributed by atoms with Crippen molar-refractivity contribution in [3.05, 3.63) is 171 Å². The predicted octanol–water partition coefficient (Wildman–Crippen LogP) is 7.83. The summed E-state index contributed by atoms with van der Waals surface area (Å²) in [5.74, 6) is -2.82. The van der Waals surface area contributed by atoms with E-state index in [-0.39, 0.29) is 42.7 Å². The molecule has 10 heteroatoms. The van der Waals surface area contributed by atoms with Crippen molar-refractivity contribution < 1.29 is 28.3 Å². The van der Waals surface area contributed by atoms with Gasteiger partial charge in [0, 0.05) is 31.8 Å². The van der Waals surface area contributed by atoms with E-state index in [1.165, 1.54) is 41.3 Å². The van der Waals surface area contributed by atoms with Gasteiger partial charge in [0.15, 0.2) is 0 Å². The van der Waals surface area contributed by atoms with Gasteiger partial charge in [-0.1, -0.05) is 111 Å². The molecule has 8 nitrogen and oxygen atoms in total. The standard InChI is InChI=1S/C53H58F2N4O4/c1-4-34(2)53(57-35(3)60)25-26-58(52(53)63)48(24-21-36-13-6-5-7-14-36)51(62)56-46(29-37-27-43(54)32-44(55)28-37)50(61)49-31-40-17-10-11-18-42(40)33-59(49)47-20-12-19-41-30-39-16-9-8-15-38(39)22-23-45(41)47/h5-20,27-28,32,34,46,48-50,61H,4,21-26,29-31,33H2,1-3H3,(H,56,62)(H,57,60)/t34-,46+,48+,49+,50+,53+/m1/s1. The molecule has 0 unspecified atom stereocenters. The largest absolute Gasteiger partial charge is 0.389 e. The fraction of sp³-hybridized carbons (Fsp3) is 0.377. The van der Waals surface area contributed by atoms with Gasteiger partial charge in [-0.3, -0.25) is 14.4 Å². The summed E-state index contributed by atoms with van der Waals surface area (Å²) in [4.78, 5) is 46.2. The first kappa shape index (κ1) is 43.8. The number of aliphatic hydroxyl groups is 1. The van der Waals surface area contributed by atoms with E-state index in [0.717, 1.165) is 47.7 Å². The first-order valence-corrected chi connectivity index (χ1v) is 22.5. The lowest BCUT2D eigenvalue weighted by molar-refractivity contribution is -0.144. The second-order valence-electron chi connectivity index (χ2n) is 17.9. The molecule has 63 heavy (non-hydrogen) atoms. The quantitative estimate of drug-likeness (QED) is 0.106. The fourth-order valence-corrected chi connectivity index (χ4v) is 10.5. The Kier molecular flexibility index (Phi) is 13.1. The summed E-state index contributed by atoms with van der Waals surface area (Å²) in [5.41, 5.74) is 8.41. The summed E-state index contributed by atoms with van der Waals surface area (Å²) in [6.45, 7) is 6.08. The molecule has 6 atom stereocenters. The molecule has 2 heterocycles. The van der Waals surface area contributed by atoms with Gasteiger partial charge in [0.25, 0.3) is 0 Å². The van der Waals surface area contributed by atoms with Crippen LogP contribution in [-0.4, -0.2) is 64.0 Å². The molecule has 0 radical (unpaired) electrons. The molecule has 5 aromatic carbocycles. The topological polar surface area (TPSA) is 102 Å². The van der Waals surface area contributed by atoms with Crippen molar-refractivity contribution in [2.45, 2.75) is 115 Å². The van der Waals surface area contributed by atoms with Gasteiger partial charge in [-0.25, -0.2) is 8.78 Å². The Hall–Kier alpha value is -5.87. The third kappa shape index (κ3) is 9.28. The van der Waals surface area contributed by atoms with E-state index in [1.54, 1.807) is 4.90 Å². The Morgan fingerprint density at radius 2 is 1.49 bits per heavy atom. The number of rotatable bonds is 14. The highest BCUT2D eigenvalue weighted by Gasteiger charge is 2.53. The van der Waals surface area contributed by atoms with E-state index in [4.69, 9.17) is 0 Å². The van der Waals surface area contributed by atoms with E-state index in [1.807, 2.05) is 56.3 Å². The first-order chi connectivity index (χ1) is 30.4. The summed E-state index contributed by atoms with van der Waals surface area (Å²) in [7, 11) is 0. The van der Waals surface area contributed by atoms with Crippen molar-refractivity contribution in [1.82, 2.24) is 15.5 Å². The van der Waals surface area contributed by atoms with Crippen LogP contribution < -0.4 is 15.5 Å².